The van der Waals surface area contributed by atoms with Gasteiger partial charge in [-0.05, 0) is 39.0 Å². The van der Waals surface area contributed by atoms with Crippen LogP contribution in [-0.2, 0) is 4.74 Å². The van der Waals surface area contributed by atoms with Crippen LogP contribution in [0.3, 0.4) is 0 Å². The van der Waals surface area contributed by atoms with Gasteiger partial charge in [-0.15, -0.1) is 0 Å². The summed E-state index contributed by atoms with van der Waals surface area (Å²) in [4.78, 5) is 7.14. The Labute approximate surface area is 148 Å². The second kappa shape index (κ2) is 6.57. The normalized spacial score (nSPS) is 25.7. The van der Waals surface area contributed by atoms with E-state index in [1.807, 2.05) is 4.52 Å². The molecule has 2 aliphatic rings. The molecule has 25 heavy (non-hydrogen) atoms. The van der Waals surface area contributed by atoms with Crippen LogP contribution >= 0.6 is 0 Å². The van der Waals surface area contributed by atoms with Gasteiger partial charge in [0.1, 0.15) is 5.82 Å². The maximum Gasteiger partial charge on any atom is 0.157 e. The lowest BCUT2D eigenvalue weighted by atomic mass is 9.96. The number of fused-ring (bicyclic) bond motifs is 1. The molecule has 0 radical (unpaired) electrons. The van der Waals surface area contributed by atoms with Gasteiger partial charge in [-0.1, -0.05) is 6.92 Å². The molecule has 4 rings (SSSR count). The second-order valence-corrected chi connectivity index (χ2v) is 7.65. The van der Waals surface area contributed by atoms with Crippen LogP contribution in [0.15, 0.2) is 6.07 Å². The molecule has 4 heterocycles. The van der Waals surface area contributed by atoms with Gasteiger partial charge < -0.3 is 14.7 Å². The lowest BCUT2D eigenvalue weighted by Gasteiger charge is -2.36. The van der Waals surface area contributed by atoms with Gasteiger partial charge in [-0.3, -0.25) is 0 Å². The summed E-state index contributed by atoms with van der Waals surface area (Å²) in [6.45, 7) is 9.67. The van der Waals surface area contributed by atoms with Gasteiger partial charge in [0.05, 0.1) is 11.8 Å². The average molecular weight is 344 g/mol. The largest absolute Gasteiger partial charge is 0.393 e. The van der Waals surface area contributed by atoms with E-state index in [0.717, 1.165) is 68.4 Å². The summed E-state index contributed by atoms with van der Waals surface area (Å²) in [6.07, 6.45) is 2.66. The molecule has 2 atom stereocenters. The standard InChI is InChI=1S/C19H28N4O2/c1-12-11-22(7-4-17(12)24)19-13(2)14(3)20-18-10-16(21-23(18)19)15-5-8-25-9-6-15/h10,12,15,17,24H,4-9,11H2,1-3H3/t12-,17+/m0/s1. The highest BCUT2D eigenvalue weighted by atomic mass is 16.5. The first-order chi connectivity index (χ1) is 12.0. The molecule has 0 spiro atoms. The summed E-state index contributed by atoms with van der Waals surface area (Å²) < 4.78 is 7.52. The molecule has 6 nitrogen and oxygen atoms in total. The predicted octanol–water partition coefficient (Wildman–Crippen LogP) is 2.45. The van der Waals surface area contributed by atoms with Gasteiger partial charge in [0.25, 0.3) is 0 Å². The fourth-order valence-electron chi connectivity index (χ4n) is 4.09. The van der Waals surface area contributed by atoms with Crippen LogP contribution in [0.4, 0.5) is 5.82 Å². The Morgan fingerprint density at radius 3 is 2.68 bits per heavy atom. The second-order valence-electron chi connectivity index (χ2n) is 7.65. The van der Waals surface area contributed by atoms with Crippen molar-refractivity contribution < 1.29 is 9.84 Å². The molecule has 136 valence electrons. The summed E-state index contributed by atoms with van der Waals surface area (Å²) >= 11 is 0. The van der Waals surface area contributed by atoms with Gasteiger partial charge in [-0.25, -0.2) is 4.98 Å². The minimum Gasteiger partial charge on any atom is -0.393 e. The third-order valence-corrected chi connectivity index (χ3v) is 5.87. The molecular formula is C19H28N4O2. The number of aromatic nitrogens is 3. The Balaban J connectivity index is 1.76. The molecule has 2 aromatic heterocycles. The smallest absolute Gasteiger partial charge is 0.157 e. The van der Waals surface area contributed by atoms with E-state index in [0.29, 0.717) is 5.92 Å². The molecule has 0 aliphatic carbocycles. The van der Waals surface area contributed by atoms with Crippen LogP contribution in [0.5, 0.6) is 0 Å². The summed E-state index contributed by atoms with van der Waals surface area (Å²) in [5, 5.41) is 15.0. The van der Waals surface area contributed by atoms with Crippen LogP contribution in [0.1, 0.15) is 49.1 Å². The molecule has 2 aliphatic heterocycles. The van der Waals surface area contributed by atoms with E-state index in [-0.39, 0.29) is 12.0 Å². The molecule has 0 amide bonds. The van der Waals surface area contributed by atoms with Crippen LogP contribution < -0.4 is 4.90 Å². The van der Waals surface area contributed by atoms with Crippen molar-refractivity contribution >= 4 is 11.5 Å². The lowest BCUT2D eigenvalue weighted by Crippen LogP contribution is -2.43. The van der Waals surface area contributed by atoms with Crippen molar-refractivity contribution in [3.8, 4) is 0 Å². The zero-order valence-corrected chi connectivity index (χ0v) is 15.4. The third-order valence-electron chi connectivity index (χ3n) is 5.87. The van der Waals surface area contributed by atoms with E-state index in [4.69, 9.17) is 14.8 Å². The van der Waals surface area contributed by atoms with E-state index >= 15 is 0 Å². The number of hydrogen-bond donors (Lipinski definition) is 1. The minimum atomic E-state index is -0.203. The Hall–Kier alpha value is -1.66. The first kappa shape index (κ1) is 16.8. The minimum absolute atomic E-state index is 0.203. The molecule has 2 saturated heterocycles. The number of aryl methyl sites for hydroxylation is 1. The highest BCUT2D eigenvalue weighted by Crippen LogP contribution is 2.31. The zero-order valence-electron chi connectivity index (χ0n) is 15.4. The first-order valence-electron chi connectivity index (χ1n) is 9.42. The zero-order chi connectivity index (χ0) is 17.6. The van der Waals surface area contributed by atoms with Gasteiger partial charge >= 0.3 is 0 Å². The van der Waals surface area contributed by atoms with Crippen molar-refractivity contribution in [2.24, 2.45) is 5.92 Å². The SMILES string of the molecule is Cc1nc2cc(C3CCOCC3)nn2c(N2CC[C@@H](O)[C@@H](C)C2)c1C. The number of piperidine rings is 1. The van der Waals surface area contributed by atoms with E-state index in [1.54, 1.807) is 0 Å². The van der Waals surface area contributed by atoms with Crippen LogP contribution in [0.25, 0.3) is 5.65 Å². The fourth-order valence-corrected chi connectivity index (χ4v) is 4.09. The monoisotopic (exact) mass is 344 g/mol. The van der Waals surface area contributed by atoms with Gasteiger partial charge in [-0.2, -0.15) is 9.61 Å². The molecular weight excluding hydrogens is 316 g/mol. The topological polar surface area (TPSA) is 62.9 Å². The summed E-state index contributed by atoms with van der Waals surface area (Å²) in [6, 6.07) is 2.15. The van der Waals surface area contributed by atoms with Crippen molar-refractivity contribution in [1.82, 2.24) is 14.6 Å². The average Bonchev–Trinajstić information content (AvgIpc) is 3.03. The van der Waals surface area contributed by atoms with Crippen molar-refractivity contribution in [2.75, 3.05) is 31.2 Å². The third kappa shape index (κ3) is 3.02. The molecule has 2 fully saturated rings. The van der Waals surface area contributed by atoms with Crippen LogP contribution in [-0.4, -0.2) is 52.1 Å². The molecule has 1 N–H and O–H groups in total. The fraction of sp³-hybridized carbons (Fsp3) is 0.684. The number of ether oxygens (including phenoxy) is 1. The van der Waals surface area contributed by atoms with Crippen molar-refractivity contribution in [1.29, 1.82) is 0 Å². The molecule has 0 unspecified atom stereocenters. The number of aliphatic hydroxyl groups is 1. The highest BCUT2D eigenvalue weighted by Gasteiger charge is 2.28. The van der Waals surface area contributed by atoms with Gasteiger partial charge in [0.15, 0.2) is 5.65 Å². The number of nitrogens with zero attached hydrogens (tertiary/aromatic N) is 4. The highest BCUT2D eigenvalue weighted by molar-refractivity contribution is 5.57. The predicted molar refractivity (Wildman–Crippen MR) is 97.3 cm³/mol. The summed E-state index contributed by atoms with van der Waals surface area (Å²) in [5.74, 6) is 1.87. The lowest BCUT2D eigenvalue weighted by molar-refractivity contribution is 0.0844. The Bertz CT molecular complexity index is 766. The molecule has 2 aromatic rings. The number of hydrogen-bond acceptors (Lipinski definition) is 5. The van der Waals surface area contributed by atoms with Gasteiger partial charge in [0.2, 0.25) is 0 Å². The molecule has 0 bridgehead atoms. The van der Waals surface area contributed by atoms with Crippen molar-refractivity contribution in [3.63, 3.8) is 0 Å². The van der Waals surface area contributed by atoms with E-state index < -0.39 is 0 Å². The Morgan fingerprint density at radius 2 is 1.96 bits per heavy atom. The number of anilines is 1. The van der Waals surface area contributed by atoms with E-state index in [9.17, 15) is 5.11 Å². The summed E-state index contributed by atoms with van der Waals surface area (Å²) in [5.41, 5.74) is 4.29. The maximum atomic E-state index is 10.1. The van der Waals surface area contributed by atoms with Crippen LogP contribution in [0, 0.1) is 19.8 Å². The molecule has 0 saturated carbocycles. The Morgan fingerprint density at radius 1 is 1.20 bits per heavy atom. The Kier molecular flexibility index (Phi) is 4.41. The maximum absolute atomic E-state index is 10.1. The van der Waals surface area contributed by atoms with E-state index in [1.165, 1.54) is 5.56 Å². The van der Waals surface area contributed by atoms with Crippen LogP contribution in [0.2, 0.25) is 0 Å². The van der Waals surface area contributed by atoms with E-state index in [2.05, 4.69) is 31.7 Å². The molecule has 6 heteroatoms. The quantitative estimate of drug-likeness (QED) is 0.907. The van der Waals surface area contributed by atoms with Crippen molar-refractivity contribution in [2.45, 2.75) is 52.1 Å². The van der Waals surface area contributed by atoms with Gasteiger partial charge in [0, 0.05) is 49.5 Å². The number of aliphatic hydroxyl groups excluding tert-OH is 1. The van der Waals surface area contributed by atoms with Crippen molar-refractivity contribution in [3.05, 3.63) is 23.0 Å². The first-order valence-corrected chi connectivity index (χ1v) is 9.42. The summed E-state index contributed by atoms with van der Waals surface area (Å²) in [7, 11) is 0. The number of rotatable bonds is 2. The molecule has 0 aromatic carbocycles.